The molecule has 1 amide bonds. The summed E-state index contributed by atoms with van der Waals surface area (Å²) >= 11 is 0. The molecule has 110 valence electrons. The average Bonchev–Trinajstić information content (AvgIpc) is 2.37. The van der Waals surface area contributed by atoms with E-state index in [9.17, 15) is 14.0 Å². The smallest absolute Gasteiger partial charge is 0.328 e. The van der Waals surface area contributed by atoms with Crippen molar-refractivity contribution in [3.63, 3.8) is 0 Å². The SMILES string of the molecule is COCC(NC(=O)C(C)Cc1cccc(F)c1)C(=O)O. The van der Waals surface area contributed by atoms with Crippen LogP contribution in [-0.2, 0) is 20.7 Å². The fraction of sp³-hybridized carbons (Fsp3) is 0.429. The van der Waals surface area contributed by atoms with E-state index in [2.05, 4.69) is 5.32 Å². The van der Waals surface area contributed by atoms with E-state index in [4.69, 9.17) is 9.84 Å². The van der Waals surface area contributed by atoms with Crippen molar-refractivity contribution < 1.29 is 23.8 Å². The summed E-state index contributed by atoms with van der Waals surface area (Å²) < 4.78 is 17.8. The maximum Gasteiger partial charge on any atom is 0.328 e. The molecule has 1 aromatic carbocycles. The van der Waals surface area contributed by atoms with Crippen molar-refractivity contribution >= 4 is 11.9 Å². The van der Waals surface area contributed by atoms with Crippen molar-refractivity contribution in [2.45, 2.75) is 19.4 Å². The zero-order chi connectivity index (χ0) is 15.1. The number of methoxy groups -OCH3 is 1. The van der Waals surface area contributed by atoms with E-state index < -0.39 is 23.8 Å². The zero-order valence-corrected chi connectivity index (χ0v) is 11.4. The average molecular weight is 283 g/mol. The van der Waals surface area contributed by atoms with Crippen LogP contribution in [0.1, 0.15) is 12.5 Å². The van der Waals surface area contributed by atoms with Gasteiger partial charge in [0, 0.05) is 13.0 Å². The Kier molecular flexibility index (Phi) is 6.11. The van der Waals surface area contributed by atoms with Crippen molar-refractivity contribution in [3.05, 3.63) is 35.6 Å². The lowest BCUT2D eigenvalue weighted by molar-refractivity contribution is -0.143. The molecule has 20 heavy (non-hydrogen) atoms. The lowest BCUT2D eigenvalue weighted by atomic mass is 10.00. The summed E-state index contributed by atoms with van der Waals surface area (Å²) in [6.07, 6.45) is 0.336. The van der Waals surface area contributed by atoms with Crippen LogP contribution >= 0.6 is 0 Å². The molecule has 0 spiro atoms. The summed E-state index contributed by atoms with van der Waals surface area (Å²) in [4.78, 5) is 22.8. The number of rotatable bonds is 7. The summed E-state index contributed by atoms with van der Waals surface area (Å²) in [6, 6.07) is 4.89. The minimum Gasteiger partial charge on any atom is -0.480 e. The molecule has 0 fully saturated rings. The van der Waals surface area contributed by atoms with Gasteiger partial charge in [-0.1, -0.05) is 19.1 Å². The number of hydrogen-bond donors (Lipinski definition) is 2. The van der Waals surface area contributed by atoms with Crippen LogP contribution in [-0.4, -0.2) is 36.7 Å². The van der Waals surface area contributed by atoms with E-state index in [1.165, 1.54) is 19.2 Å². The maximum atomic E-state index is 13.0. The van der Waals surface area contributed by atoms with Gasteiger partial charge in [0.25, 0.3) is 0 Å². The number of amides is 1. The van der Waals surface area contributed by atoms with E-state index in [0.29, 0.717) is 12.0 Å². The molecule has 1 rings (SSSR count). The minimum atomic E-state index is -1.15. The molecule has 0 aliphatic rings. The van der Waals surface area contributed by atoms with Gasteiger partial charge in [-0.25, -0.2) is 9.18 Å². The molecule has 2 atom stereocenters. The molecule has 1 aromatic rings. The van der Waals surface area contributed by atoms with Crippen LogP contribution in [0.4, 0.5) is 4.39 Å². The summed E-state index contributed by atoms with van der Waals surface area (Å²) in [5.41, 5.74) is 0.686. The van der Waals surface area contributed by atoms with Gasteiger partial charge in [0.2, 0.25) is 5.91 Å². The highest BCUT2D eigenvalue weighted by molar-refractivity contribution is 5.85. The molecule has 5 nitrogen and oxygen atoms in total. The van der Waals surface area contributed by atoms with Gasteiger partial charge in [0.05, 0.1) is 6.61 Å². The number of hydrogen-bond acceptors (Lipinski definition) is 3. The molecule has 0 bridgehead atoms. The number of aliphatic carboxylic acids is 1. The predicted molar refractivity (Wildman–Crippen MR) is 70.7 cm³/mol. The summed E-state index contributed by atoms with van der Waals surface area (Å²) in [5, 5.41) is 11.3. The van der Waals surface area contributed by atoms with Crippen LogP contribution in [0.25, 0.3) is 0 Å². The standard InChI is InChI=1S/C14H18FNO4/c1-9(6-10-4-3-5-11(15)7-10)13(17)16-12(8-20-2)14(18)19/h3-5,7,9,12H,6,8H2,1-2H3,(H,16,17)(H,18,19). The van der Waals surface area contributed by atoms with Crippen molar-refractivity contribution in [3.8, 4) is 0 Å². The van der Waals surface area contributed by atoms with E-state index >= 15 is 0 Å². The number of nitrogens with one attached hydrogen (secondary N) is 1. The highest BCUT2D eigenvalue weighted by Gasteiger charge is 2.22. The number of halogens is 1. The monoisotopic (exact) mass is 283 g/mol. The highest BCUT2D eigenvalue weighted by atomic mass is 19.1. The van der Waals surface area contributed by atoms with E-state index in [1.807, 2.05) is 0 Å². The molecule has 0 saturated heterocycles. The maximum absolute atomic E-state index is 13.0. The molecule has 0 aliphatic carbocycles. The number of carboxylic acids is 1. The van der Waals surface area contributed by atoms with Crippen molar-refractivity contribution in [1.29, 1.82) is 0 Å². The van der Waals surface area contributed by atoms with Crippen molar-refractivity contribution in [2.24, 2.45) is 5.92 Å². The van der Waals surface area contributed by atoms with Gasteiger partial charge in [0.1, 0.15) is 5.82 Å². The van der Waals surface area contributed by atoms with Gasteiger partial charge >= 0.3 is 5.97 Å². The molecule has 6 heteroatoms. The Morgan fingerprint density at radius 3 is 2.70 bits per heavy atom. The Morgan fingerprint density at radius 2 is 2.15 bits per heavy atom. The first kappa shape index (κ1) is 16.1. The second-order valence-electron chi connectivity index (χ2n) is 4.59. The van der Waals surface area contributed by atoms with Gasteiger partial charge in [-0.2, -0.15) is 0 Å². The van der Waals surface area contributed by atoms with E-state index in [0.717, 1.165) is 0 Å². The molecular weight excluding hydrogens is 265 g/mol. The van der Waals surface area contributed by atoms with E-state index in [1.54, 1.807) is 19.1 Å². The molecule has 0 radical (unpaired) electrons. The summed E-state index contributed by atoms with van der Waals surface area (Å²) in [7, 11) is 1.36. The molecule has 0 heterocycles. The summed E-state index contributed by atoms with van der Waals surface area (Å²) in [6.45, 7) is 1.56. The third kappa shape index (κ3) is 4.97. The molecular formula is C14H18FNO4. The second-order valence-corrected chi connectivity index (χ2v) is 4.59. The Hall–Kier alpha value is -1.95. The van der Waals surface area contributed by atoms with Gasteiger partial charge in [-0.05, 0) is 24.1 Å². The fourth-order valence-electron chi connectivity index (χ4n) is 1.77. The van der Waals surface area contributed by atoms with Crippen LogP contribution in [0.3, 0.4) is 0 Å². The van der Waals surface area contributed by atoms with E-state index in [-0.39, 0.29) is 12.4 Å². The topological polar surface area (TPSA) is 75.6 Å². The normalized spacial score (nSPS) is 13.6. The Labute approximate surface area is 116 Å². The van der Waals surface area contributed by atoms with Gasteiger partial charge in [-0.15, -0.1) is 0 Å². The Bertz CT molecular complexity index is 478. The number of ether oxygens (including phenoxy) is 1. The van der Waals surface area contributed by atoms with Crippen LogP contribution in [0.15, 0.2) is 24.3 Å². The number of carbonyl (C=O) groups excluding carboxylic acids is 1. The number of carboxylic acid groups (broad SMARTS) is 1. The second kappa shape index (κ2) is 7.59. The van der Waals surface area contributed by atoms with Crippen LogP contribution in [0.2, 0.25) is 0 Å². The molecule has 0 aromatic heterocycles. The number of benzene rings is 1. The zero-order valence-electron chi connectivity index (χ0n) is 11.4. The highest BCUT2D eigenvalue weighted by Crippen LogP contribution is 2.10. The lowest BCUT2D eigenvalue weighted by Crippen LogP contribution is -2.46. The third-order valence-corrected chi connectivity index (χ3v) is 2.83. The van der Waals surface area contributed by atoms with Gasteiger partial charge < -0.3 is 15.2 Å². The lowest BCUT2D eigenvalue weighted by Gasteiger charge is -2.17. The largest absolute Gasteiger partial charge is 0.480 e. The first-order chi connectivity index (χ1) is 9.43. The summed E-state index contributed by atoms with van der Waals surface area (Å²) in [5.74, 6) is -2.38. The minimum absolute atomic E-state index is 0.103. The quantitative estimate of drug-likeness (QED) is 0.789. The van der Waals surface area contributed by atoms with Gasteiger partial charge in [0.15, 0.2) is 6.04 Å². The molecule has 2 unspecified atom stereocenters. The van der Waals surface area contributed by atoms with Gasteiger partial charge in [-0.3, -0.25) is 4.79 Å². The van der Waals surface area contributed by atoms with Crippen LogP contribution in [0.5, 0.6) is 0 Å². The predicted octanol–water partition coefficient (Wildman–Crippen LogP) is 1.22. The first-order valence-electron chi connectivity index (χ1n) is 6.20. The Balaban J connectivity index is 2.60. The van der Waals surface area contributed by atoms with Crippen molar-refractivity contribution in [2.75, 3.05) is 13.7 Å². The van der Waals surface area contributed by atoms with Crippen LogP contribution in [0, 0.1) is 11.7 Å². The van der Waals surface area contributed by atoms with Crippen molar-refractivity contribution in [1.82, 2.24) is 5.32 Å². The third-order valence-electron chi connectivity index (χ3n) is 2.83. The molecule has 2 N–H and O–H groups in total. The Morgan fingerprint density at radius 1 is 1.45 bits per heavy atom. The number of carbonyl (C=O) groups is 2. The molecule has 0 aliphatic heterocycles. The van der Waals surface area contributed by atoms with Crippen LogP contribution < -0.4 is 5.32 Å². The fourth-order valence-corrected chi connectivity index (χ4v) is 1.77. The first-order valence-corrected chi connectivity index (χ1v) is 6.20. The molecule has 0 saturated carbocycles.